The quantitative estimate of drug-likeness (QED) is 0.850. The molecule has 6 heteroatoms. The lowest BCUT2D eigenvalue weighted by Crippen LogP contribution is -2.45. The highest BCUT2D eigenvalue weighted by Gasteiger charge is 2.36. The maximum Gasteiger partial charge on any atom is 0.231 e. The van der Waals surface area contributed by atoms with Crippen molar-refractivity contribution in [1.82, 2.24) is 10.6 Å². The molecular weight excluding hydrogens is 320 g/mol. The molecule has 0 saturated carbocycles. The summed E-state index contributed by atoms with van der Waals surface area (Å²) in [7, 11) is 0. The van der Waals surface area contributed by atoms with Gasteiger partial charge in [0.1, 0.15) is 0 Å². The van der Waals surface area contributed by atoms with Crippen molar-refractivity contribution in [2.45, 2.75) is 43.6 Å². The summed E-state index contributed by atoms with van der Waals surface area (Å²) in [4.78, 5) is 12.4. The first kappa shape index (κ1) is 16.7. The largest absolute Gasteiger partial charge is 0.454 e. The van der Waals surface area contributed by atoms with Gasteiger partial charge in [-0.2, -0.15) is 0 Å². The third-order valence-corrected chi connectivity index (χ3v) is 5.65. The highest BCUT2D eigenvalue weighted by Crippen LogP contribution is 2.40. The molecule has 0 spiro atoms. The summed E-state index contributed by atoms with van der Waals surface area (Å²) in [5.41, 5.74) is 1.09. The van der Waals surface area contributed by atoms with Gasteiger partial charge in [-0.3, -0.25) is 4.79 Å². The first-order valence-electron chi connectivity index (χ1n) is 9.23. The number of carbonyl (C=O) groups excluding carboxylic acids is 1. The van der Waals surface area contributed by atoms with Crippen LogP contribution in [0.2, 0.25) is 0 Å². The van der Waals surface area contributed by atoms with Gasteiger partial charge in [-0.25, -0.2) is 0 Å². The van der Waals surface area contributed by atoms with Crippen LogP contribution in [0.3, 0.4) is 0 Å². The molecule has 136 valence electrons. The Hall–Kier alpha value is -1.79. The van der Waals surface area contributed by atoms with Crippen LogP contribution in [-0.2, 0) is 14.9 Å². The molecule has 0 aliphatic carbocycles. The number of hydrogen-bond donors (Lipinski definition) is 2. The molecule has 1 unspecified atom stereocenters. The minimum atomic E-state index is -0.0992. The van der Waals surface area contributed by atoms with E-state index >= 15 is 0 Å². The standard InChI is InChI=1S/C19H26N2O4/c22-18(11-15-2-1-7-20-15)21-12-19(5-8-23-9-6-19)14-3-4-16-17(10-14)25-13-24-16/h3-4,10,15,20H,1-2,5-9,11-13H2,(H,21,22). The molecule has 3 aliphatic rings. The van der Waals surface area contributed by atoms with Crippen molar-refractivity contribution in [2.24, 2.45) is 0 Å². The van der Waals surface area contributed by atoms with Crippen LogP contribution in [0, 0.1) is 0 Å². The van der Waals surface area contributed by atoms with Crippen LogP contribution in [0.5, 0.6) is 11.5 Å². The molecule has 2 N–H and O–H groups in total. The average molecular weight is 346 g/mol. The van der Waals surface area contributed by atoms with Gasteiger partial charge in [-0.05, 0) is 49.9 Å². The Balaban J connectivity index is 1.46. The number of benzene rings is 1. The second-order valence-corrected chi connectivity index (χ2v) is 7.23. The summed E-state index contributed by atoms with van der Waals surface area (Å²) < 4.78 is 16.5. The lowest BCUT2D eigenvalue weighted by molar-refractivity contribution is -0.122. The molecule has 2 saturated heterocycles. The second kappa shape index (κ2) is 7.22. The summed E-state index contributed by atoms with van der Waals surface area (Å²) in [6.07, 6.45) is 4.61. The molecule has 4 rings (SSSR count). The van der Waals surface area contributed by atoms with Crippen LogP contribution < -0.4 is 20.1 Å². The second-order valence-electron chi connectivity index (χ2n) is 7.23. The molecule has 6 nitrogen and oxygen atoms in total. The van der Waals surface area contributed by atoms with Gasteiger partial charge >= 0.3 is 0 Å². The molecule has 0 aromatic heterocycles. The molecule has 1 aromatic rings. The lowest BCUT2D eigenvalue weighted by atomic mass is 9.74. The Morgan fingerprint density at radius 1 is 1.24 bits per heavy atom. The topological polar surface area (TPSA) is 68.8 Å². The molecule has 2 fully saturated rings. The van der Waals surface area contributed by atoms with Crippen molar-refractivity contribution in [3.05, 3.63) is 23.8 Å². The van der Waals surface area contributed by atoms with Crippen molar-refractivity contribution in [3.8, 4) is 11.5 Å². The Labute approximate surface area is 148 Å². The number of hydrogen-bond acceptors (Lipinski definition) is 5. The summed E-state index contributed by atoms with van der Waals surface area (Å²) in [6.45, 7) is 3.38. The predicted octanol–water partition coefficient (Wildman–Crippen LogP) is 1.72. The number of ether oxygens (including phenoxy) is 3. The van der Waals surface area contributed by atoms with Crippen LogP contribution in [0.25, 0.3) is 0 Å². The zero-order valence-corrected chi connectivity index (χ0v) is 14.5. The first-order chi connectivity index (χ1) is 12.3. The molecular formula is C19H26N2O4. The number of fused-ring (bicyclic) bond motifs is 1. The van der Waals surface area contributed by atoms with Crippen molar-refractivity contribution in [1.29, 1.82) is 0 Å². The van der Waals surface area contributed by atoms with Gasteiger partial charge in [-0.15, -0.1) is 0 Å². The van der Waals surface area contributed by atoms with Gasteiger partial charge in [0.05, 0.1) is 0 Å². The third-order valence-electron chi connectivity index (χ3n) is 5.65. The first-order valence-corrected chi connectivity index (χ1v) is 9.23. The van der Waals surface area contributed by atoms with Gasteiger partial charge < -0.3 is 24.8 Å². The molecule has 1 amide bonds. The van der Waals surface area contributed by atoms with E-state index in [4.69, 9.17) is 14.2 Å². The highest BCUT2D eigenvalue weighted by molar-refractivity contribution is 5.76. The minimum absolute atomic E-state index is 0.0992. The monoisotopic (exact) mass is 346 g/mol. The fourth-order valence-corrected chi connectivity index (χ4v) is 4.05. The van der Waals surface area contributed by atoms with Crippen molar-refractivity contribution in [3.63, 3.8) is 0 Å². The van der Waals surface area contributed by atoms with E-state index in [9.17, 15) is 4.79 Å². The average Bonchev–Trinajstić information content (AvgIpc) is 3.31. The van der Waals surface area contributed by atoms with Crippen molar-refractivity contribution >= 4 is 5.91 Å². The number of amides is 1. The van der Waals surface area contributed by atoms with Crippen molar-refractivity contribution in [2.75, 3.05) is 33.1 Å². The maximum atomic E-state index is 12.4. The number of carbonyl (C=O) groups is 1. The van der Waals surface area contributed by atoms with Crippen LogP contribution >= 0.6 is 0 Å². The fourth-order valence-electron chi connectivity index (χ4n) is 4.05. The van der Waals surface area contributed by atoms with Crippen LogP contribution in [0.4, 0.5) is 0 Å². The number of rotatable bonds is 5. The van der Waals surface area contributed by atoms with Gasteiger partial charge in [-0.1, -0.05) is 6.07 Å². The molecule has 0 radical (unpaired) electrons. The van der Waals surface area contributed by atoms with Crippen molar-refractivity contribution < 1.29 is 19.0 Å². The number of nitrogens with one attached hydrogen (secondary N) is 2. The SMILES string of the molecule is O=C(CC1CCCN1)NCC1(c2ccc3c(c2)OCO3)CCOCC1. The Morgan fingerprint density at radius 3 is 2.88 bits per heavy atom. The van der Waals surface area contributed by atoms with E-state index in [1.807, 2.05) is 6.07 Å². The van der Waals surface area contributed by atoms with Gasteiger partial charge in [0, 0.05) is 37.6 Å². The highest BCUT2D eigenvalue weighted by atomic mass is 16.7. The third kappa shape index (κ3) is 3.60. The molecule has 3 heterocycles. The summed E-state index contributed by atoms with van der Waals surface area (Å²) in [5, 5.41) is 6.56. The molecule has 1 aromatic carbocycles. The van der Waals surface area contributed by atoms with Gasteiger partial charge in [0.15, 0.2) is 11.5 Å². The smallest absolute Gasteiger partial charge is 0.231 e. The van der Waals surface area contributed by atoms with E-state index in [-0.39, 0.29) is 18.1 Å². The van der Waals surface area contributed by atoms with Crippen LogP contribution in [0.15, 0.2) is 18.2 Å². The van der Waals surface area contributed by atoms with Gasteiger partial charge in [0.2, 0.25) is 12.7 Å². The van der Waals surface area contributed by atoms with E-state index in [0.717, 1.165) is 43.7 Å². The van der Waals surface area contributed by atoms with E-state index in [0.29, 0.717) is 32.2 Å². The summed E-state index contributed by atoms with van der Waals surface area (Å²) in [6, 6.07) is 6.47. The van der Waals surface area contributed by atoms with Crippen LogP contribution in [-0.4, -0.2) is 45.0 Å². The van der Waals surface area contributed by atoms with E-state index in [2.05, 4.69) is 22.8 Å². The minimum Gasteiger partial charge on any atom is -0.454 e. The molecule has 1 atom stereocenters. The summed E-state index contributed by atoms with van der Waals surface area (Å²) in [5.74, 6) is 1.72. The van der Waals surface area contributed by atoms with E-state index < -0.39 is 0 Å². The maximum absolute atomic E-state index is 12.4. The van der Waals surface area contributed by atoms with E-state index in [1.165, 1.54) is 5.56 Å². The normalized spacial score (nSPS) is 24.2. The summed E-state index contributed by atoms with van der Waals surface area (Å²) >= 11 is 0. The Bertz CT molecular complexity index is 622. The molecule has 3 aliphatic heterocycles. The Kier molecular flexibility index (Phi) is 4.81. The zero-order chi connectivity index (χ0) is 17.1. The molecule has 25 heavy (non-hydrogen) atoms. The zero-order valence-electron chi connectivity index (χ0n) is 14.5. The predicted molar refractivity (Wildman–Crippen MR) is 92.9 cm³/mol. The van der Waals surface area contributed by atoms with Gasteiger partial charge in [0.25, 0.3) is 0 Å². The fraction of sp³-hybridized carbons (Fsp3) is 0.632. The lowest BCUT2D eigenvalue weighted by Gasteiger charge is -2.38. The van der Waals surface area contributed by atoms with Crippen LogP contribution in [0.1, 0.15) is 37.7 Å². The molecule has 0 bridgehead atoms. The Morgan fingerprint density at radius 2 is 2.08 bits per heavy atom. The van der Waals surface area contributed by atoms with E-state index in [1.54, 1.807) is 0 Å².